The summed E-state index contributed by atoms with van der Waals surface area (Å²) in [6, 6.07) is 23.2. The van der Waals surface area contributed by atoms with E-state index in [0.717, 1.165) is 18.4 Å². The summed E-state index contributed by atoms with van der Waals surface area (Å²) in [5, 5.41) is 11.3. The quantitative estimate of drug-likeness (QED) is 0.214. The molecule has 202 valence electrons. The van der Waals surface area contributed by atoms with Gasteiger partial charge in [0.05, 0.1) is 28.5 Å². The number of benzene rings is 3. The lowest BCUT2D eigenvalue weighted by Crippen LogP contribution is -2.41. The number of ether oxygens (including phenoxy) is 1. The Bertz CT molecular complexity index is 1420. The molecule has 10 heteroatoms. The van der Waals surface area contributed by atoms with Crippen molar-refractivity contribution in [1.29, 1.82) is 0 Å². The molecule has 1 heterocycles. The van der Waals surface area contributed by atoms with Crippen molar-refractivity contribution in [3.63, 3.8) is 0 Å². The highest BCUT2D eigenvalue weighted by molar-refractivity contribution is 6.42. The van der Waals surface area contributed by atoms with Crippen LogP contribution in [-0.4, -0.2) is 46.8 Å². The second-order valence-corrected chi connectivity index (χ2v) is 9.59. The number of aromatic nitrogens is 2. The molecule has 0 aliphatic carbocycles. The lowest BCUT2D eigenvalue weighted by atomic mass is 10.1. The summed E-state index contributed by atoms with van der Waals surface area (Å²) in [7, 11) is 1.58. The van der Waals surface area contributed by atoms with E-state index in [1.165, 1.54) is 4.90 Å². The second kappa shape index (κ2) is 13.2. The van der Waals surface area contributed by atoms with Crippen LogP contribution >= 0.6 is 23.2 Å². The zero-order chi connectivity index (χ0) is 27.8. The van der Waals surface area contributed by atoms with Gasteiger partial charge in [-0.3, -0.25) is 4.79 Å². The molecule has 0 aliphatic heterocycles. The number of nitrogens with one attached hydrogen (secondary N) is 2. The van der Waals surface area contributed by atoms with Crippen molar-refractivity contribution < 1.29 is 14.3 Å². The van der Waals surface area contributed by atoms with Crippen molar-refractivity contribution in [1.82, 2.24) is 14.7 Å². The molecule has 0 saturated heterocycles. The van der Waals surface area contributed by atoms with Gasteiger partial charge in [-0.05, 0) is 48.9 Å². The monoisotopic (exact) mass is 565 g/mol. The van der Waals surface area contributed by atoms with Gasteiger partial charge in [0.25, 0.3) is 0 Å². The van der Waals surface area contributed by atoms with E-state index in [1.54, 1.807) is 60.3 Å². The Morgan fingerprint density at radius 1 is 0.949 bits per heavy atom. The first-order valence-corrected chi connectivity index (χ1v) is 13.2. The maximum absolute atomic E-state index is 13.2. The predicted molar refractivity (Wildman–Crippen MR) is 156 cm³/mol. The number of carbonyl (C=O) groups excluding carboxylic acids is 2. The summed E-state index contributed by atoms with van der Waals surface area (Å²) in [6.07, 6.45) is 1.63. The summed E-state index contributed by atoms with van der Waals surface area (Å²) in [6.45, 7) is 2.31. The molecule has 0 aliphatic rings. The van der Waals surface area contributed by atoms with E-state index in [4.69, 9.17) is 33.0 Å². The third kappa shape index (κ3) is 7.31. The van der Waals surface area contributed by atoms with Gasteiger partial charge >= 0.3 is 6.03 Å². The molecular formula is C29H29Cl2N5O3. The topological polar surface area (TPSA) is 88.5 Å². The van der Waals surface area contributed by atoms with Gasteiger partial charge in [-0.2, -0.15) is 5.10 Å². The van der Waals surface area contributed by atoms with Crippen molar-refractivity contribution in [3.05, 3.63) is 88.9 Å². The highest BCUT2D eigenvalue weighted by Crippen LogP contribution is 2.29. The fourth-order valence-electron chi connectivity index (χ4n) is 3.87. The second-order valence-electron chi connectivity index (χ2n) is 8.77. The summed E-state index contributed by atoms with van der Waals surface area (Å²) in [5.41, 5.74) is 2.78. The fourth-order valence-corrected chi connectivity index (χ4v) is 4.16. The van der Waals surface area contributed by atoms with E-state index in [0.29, 0.717) is 45.2 Å². The van der Waals surface area contributed by atoms with Crippen LogP contribution in [0.15, 0.2) is 78.9 Å². The number of hydrogen-bond donors (Lipinski definition) is 2. The number of unbranched alkanes of at least 4 members (excludes halogenated alkanes) is 1. The Hall–Kier alpha value is -4.01. The molecule has 2 N–H and O–H groups in total. The summed E-state index contributed by atoms with van der Waals surface area (Å²) in [4.78, 5) is 27.8. The molecule has 3 amide bonds. The van der Waals surface area contributed by atoms with Crippen LogP contribution in [0.4, 0.5) is 16.3 Å². The number of nitrogens with zero attached hydrogens (tertiary/aromatic N) is 3. The highest BCUT2D eigenvalue weighted by atomic mass is 35.5. The number of methoxy groups -OCH3 is 1. The predicted octanol–water partition coefficient (Wildman–Crippen LogP) is 7.13. The molecule has 0 saturated carbocycles. The molecular weight excluding hydrogens is 537 g/mol. The molecule has 8 nitrogen and oxygen atoms in total. The minimum Gasteiger partial charge on any atom is -0.497 e. The zero-order valence-electron chi connectivity index (χ0n) is 21.7. The number of carbonyl (C=O) groups is 2. The molecule has 1 aromatic heterocycles. The maximum atomic E-state index is 13.2. The Morgan fingerprint density at radius 3 is 2.36 bits per heavy atom. The van der Waals surface area contributed by atoms with Gasteiger partial charge in [-0.25, -0.2) is 9.48 Å². The van der Waals surface area contributed by atoms with E-state index < -0.39 is 0 Å². The normalized spacial score (nSPS) is 10.7. The van der Waals surface area contributed by atoms with E-state index in [2.05, 4.69) is 10.6 Å². The Morgan fingerprint density at radius 2 is 1.69 bits per heavy atom. The van der Waals surface area contributed by atoms with E-state index >= 15 is 0 Å². The third-order valence-electron chi connectivity index (χ3n) is 5.94. The van der Waals surface area contributed by atoms with Gasteiger partial charge in [0.15, 0.2) is 0 Å². The highest BCUT2D eigenvalue weighted by Gasteiger charge is 2.20. The van der Waals surface area contributed by atoms with Crippen molar-refractivity contribution >= 4 is 46.6 Å². The van der Waals surface area contributed by atoms with Crippen LogP contribution in [0, 0.1) is 0 Å². The minimum absolute atomic E-state index is 0.144. The summed E-state index contributed by atoms with van der Waals surface area (Å²) in [5.74, 6) is 0.753. The molecule has 0 unspecified atom stereocenters. The first kappa shape index (κ1) is 28.0. The molecule has 0 fully saturated rings. The van der Waals surface area contributed by atoms with E-state index in [1.807, 2.05) is 37.3 Å². The van der Waals surface area contributed by atoms with Gasteiger partial charge in [0.1, 0.15) is 18.1 Å². The fraction of sp³-hybridized carbons (Fsp3) is 0.207. The Balaban J connectivity index is 1.56. The number of rotatable bonds is 10. The SMILES string of the molecule is CCCCN(CC(=O)Nc1cc(-c2ccccc2)nn1-c1ccc(Cl)c(Cl)c1)C(=O)Nc1ccc(OC)cc1. The van der Waals surface area contributed by atoms with Gasteiger partial charge in [-0.1, -0.05) is 66.9 Å². The van der Waals surface area contributed by atoms with Crippen LogP contribution in [0.1, 0.15) is 19.8 Å². The number of hydrogen-bond acceptors (Lipinski definition) is 4. The molecule has 0 bridgehead atoms. The van der Waals surface area contributed by atoms with Crippen LogP contribution in [0.2, 0.25) is 10.0 Å². The molecule has 39 heavy (non-hydrogen) atoms. The van der Waals surface area contributed by atoms with Crippen LogP contribution in [0.5, 0.6) is 5.75 Å². The van der Waals surface area contributed by atoms with Crippen molar-refractivity contribution in [2.75, 3.05) is 30.8 Å². The molecule has 0 spiro atoms. The smallest absolute Gasteiger partial charge is 0.322 e. The minimum atomic E-state index is -0.369. The van der Waals surface area contributed by atoms with Crippen LogP contribution in [0.25, 0.3) is 16.9 Å². The number of halogens is 2. The van der Waals surface area contributed by atoms with E-state index in [9.17, 15) is 9.59 Å². The van der Waals surface area contributed by atoms with Gasteiger partial charge in [0, 0.05) is 23.9 Å². The molecule has 4 aromatic rings. The van der Waals surface area contributed by atoms with Crippen LogP contribution in [-0.2, 0) is 4.79 Å². The standard InChI is InChI=1S/C29H29Cl2N5O3/c1-3-4-16-35(29(38)32-21-10-13-23(39-2)14-11-21)19-28(37)33-27-18-26(20-8-6-5-7-9-20)34-36(27)22-12-15-24(30)25(31)17-22/h5-15,17-18H,3-4,16,19H2,1-2H3,(H,32,38)(H,33,37). The molecule has 0 radical (unpaired) electrons. The van der Waals surface area contributed by atoms with Crippen molar-refractivity contribution in [2.45, 2.75) is 19.8 Å². The Kier molecular flexibility index (Phi) is 9.46. The van der Waals surface area contributed by atoms with Gasteiger partial charge in [0.2, 0.25) is 5.91 Å². The van der Waals surface area contributed by atoms with Crippen molar-refractivity contribution in [3.8, 4) is 22.7 Å². The summed E-state index contributed by atoms with van der Waals surface area (Å²) >= 11 is 12.4. The first-order valence-electron chi connectivity index (χ1n) is 12.5. The molecule has 3 aromatic carbocycles. The lowest BCUT2D eigenvalue weighted by molar-refractivity contribution is -0.116. The number of amides is 3. The number of anilines is 2. The van der Waals surface area contributed by atoms with Gasteiger partial charge < -0.3 is 20.3 Å². The lowest BCUT2D eigenvalue weighted by Gasteiger charge is -2.22. The van der Waals surface area contributed by atoms with Crippen LogP contribution in [0.3, 0.4) is 0 Å². The van der Waals surface area contributed by atoms with Crippen LogP contribution < -0.4 is 15.4 Å². The molecule has 4 rings (SSSR count). The largest absolute Gasteiger partial charge is 0.497 e. The zero-order valence-corrected chi connectivity index (χ0v) is 23.2. The average Bonchev–Trinajstić information content (AvgIpc) is 3.37. The summed E-state index contributed by atoms with van der Waals surface area (Å²) < 4.78 is 6.76. The van der Waals surface area contributed by atoms with Gasteiger partial charge in [-0.15, -0.1) is 0 Å². The first-order chi connectivity index (χ1) is 18.9. The van der Waals surface area contributed by atoms with Crippen molar-refractivity contribution in [2.24, 2.45) is 0 Å². The van der Waals surface area contributed by atoms with E-state index in [-0.39, 0.29) is 18.5 Å². The average molecular weight is 566 g/mol. The Labute approximate surface area is 237 Å². The maximum Gasteiger partial charge on any atom is 0.322 e. The third-order valence-corrected chi connectivity index (χ3v) is 6.68. The molecule has 0 atom stereocenters. The number of urea groups is 1.